The maximum absolute atomic E-state index is 12.3. The predicted molar refractivity (Wildman–Crippen MR) is 92.3 cm³/mol. The molecule has 0 bridgehead atoms. The van der Waals surface area contributed by atoms with Gasteiger partial charge in [0.05, 0.1) is 0 Å². The summed E-state index contributed by atoms with van der Waals surface area (Å²) in [6.45, 7) is 2.09. The molecule has 0 aromatic carbocycles. The van der Waals surface area contributed by atoms with Crippen LogP contribution in [0.3, 0.4) is 0 Å². The van der Waals surface area contributed by atoms with Crippen LogP contribution in [0.4, 0.5) is 5.82 Å². The number of carbonyl (C=O) groups is 2. The molecule has 0 saturated heterocycles. The summed E-state index contributed by atoms with van der Waals surface area (Å²) in [6, 6.07) is 5.42. The van der Waals surface area contributed by atoms with Gasteiger partial charge in [0.1, 0.15) is 11.6 Å². The first-order valence-electron chi connectivity index (χ1n) is 8.62. The third-order valence-corrected chi connectivity index (χ3v) is 4.21. The number of carbonyl (C=O) groups excluding carboxylic acids is 2. The Morgan fingerprint density at radius 1 is 1.20 bits per heavy atom. The molecule has 1 aliphatic rings. The van der Waals surface area contributed by atoms with Gasteiger partial charge >= 0.3 is 0 Å². The zero-order valence-corrected chi connectivity index (χ0v) is 14.3. The van der Waals surface area contributed by atoms with Gasteiger partial charge in [-0.25, -0.2) is 4.98 Å². The van der Waals surface area contributed by atoms with E-state index in [0.29, 0.717) is 11.5 Å². The van der Waals surface area contributed by atoms with Crippen molar-refractivity contribution in [1.29, 1.82) is 0 Å². The average molecular weight is 342 g/mol. The molecule has 7 heteroatoms. The van der Waals surface area contributed by atoms with Gasteiger partial charge in [0.25, 0.3) is 5.91 Å². The molecule has 0 spiro atoms. The summed E-state index contributed by atoms with van der Waals surface area (Å²) in [5.41, 5.74) is 2.11. The fourth-order valence-corrected chi connectivity index (χ4v) is 2.93. The lowest BCUT2D eigenvalue weighted by atomic mass is 10.1. The van der Waals surface area contributed by atoms with Gasteiger partial charge in [-0.3, -0.25) is 9.59 Å². The van der Waals surface area contributed by atoms with E-state index in [4.69, 9.17) is 4.52 Å². The quantitative estimate of drug-likeness (QED) is 0.813. The van der Waals surface area contributed by atoms with Crippen molar-refractivity contribution < 1.29 is 14.1 Å². The SMILES string of the molecule is Cc1cccc(NC(=O)CCNC(=O)c2noc3c2CCCCC3)n1. The van der Waals surface area contributed by atoms with E-state index in [9.17, 15) is 9.59 Å². The van der Waals surface area contributed by atoms with E-state index in [2.05, 4.69) is 20.8 Å². The number of hydrogen-bond donors (Lipinski definition) is 2. The molecule has 0 fully saturated rings. The van der Waals surface area contributed by atoms with Crippen LogP contribution in [0, 0.1) is 6.92 Å². The van der Waals surface area contributed by atoms with Crippen molar-refractivity contribution in [3.05, 3.63) is 40.9 Å². The molecule has 2 N–H and O–H groups in total. The molecule has 0 aliphatic heterocycles. The van der Waals surface area contributed by atoms with Gasteiger partial charge in [0.2, 0.25) is 5.91 Å². The van der Waals surface area contributed by atoms with Crippen molar-refractivity contribution in [2.24, 2.45) is 0 Å². The van der Waals surface area contributed by atoms with E-state index >= 15 is 0 Å². The van der Waals surface area contributed by atoms with Crippen molar-refractivity contribution in [2.75, 3.05) is 11.9 Å². The lowest BCUT2D eigenvalue weighted by Crippen LogP contribution is -2.28. The van der Waals surface area contributed by atoms with Gasteiger partial charge in [-0.2, -0.15) is 0 Å². The largest absolute Gasteiger partial charge is 0.360 e. The Bertz CT molecular complexity index is 769. The Hall–Kier alpha value is -2.70. The molecule has 0 radical (unpaired) electrons. The topological polar surface area (TPSA) is 97.1 Å². The Balaban J connectivity index is 1.49. The Labute approximate surface area is 146 Å². The minimum atomic E-state index is -0.284. The summed E-state index contributed by atoms with van der Waals surface area (Å²) in [5.74, 6) is 0.856. The predicted octanol–water partition coefficient (Wildman–Crippen LogP) is 2.41. The van der Waals surface area contributed by atoms with E-state index < -0.39 is 0 Å². The van der Waals surface area contributed by atoms with Gasteiger partial charge in [-0.05, 0) is 38.3 Å². The molecule has 0 saturated carbocycles. The molecule has 2 amide bonds. The van der Waals surface area contributed by atoms with Crippen molar-refractivity contribution in [3.8, 4) is 0 Å². The van der Waals surface area contributed by atoms with Gasteiger partial charge in [0, 0.05) is 30.6 Å². The van der Waals surface area contributed by atoms with Crippen LogP contribution in [-0.4, -0.2) is 28.5 Å². The zero-order valence-electron chi connectivity index (χ0n) is 14.3. The molecule has 2 aromatic rings. The van der Waals surface area contributed by atoms with Gasteiger partial charge in [-0.15, -0.1) is 0 Å². The monoisotopic (exact) mass is 342 g/mol. The highest BCUT2D eigenvalue weighted by molar-refractivity contribution is 5.94. The smallest absolute Gasteiger partial charge is 0.273 e. The second-order valence-electron chi connectivity index (χ2n) is 6.21. The van der Waals surface area contributed by atoms with Crippen LogP contribution in [0.25, 0.3) is 0 Å². The number of rotatable bonds is 5. The summed E-state index contributed by atoms with van der Waals surface area (Å²) >= 11 is 0. The third kappa shape index (κ3) is 4.43. The van der Waals surface area contributed by atoms with E-state index in [0.717, 1.165) is 49.1 Å². The van der Waals surface area contributed by atoms with Crippen molar-refractivity contribution in [1.82, 2.24) is 15.5 Å². The molecule has 3 rings (SSSR count). The molecule has 25 heavy (non-hydrogen) atoms. The number of hydrogen-bond acceptors (Lipinski definition) is 5. The normalized spacial score (nSPS) is 13.6. The lowest BCUT2D eigenvalue weighted by molar-refractivity contribution is -0.116. The second kappa shape index (κ2) is 7.92. The summed E-state index contributed by atoms with van der Waals surface area (Å²) in [4.78, 5) is 28.4. The second-order valence-corrected chi connectivity index (χ2v) is 6.21. The number of nitrogens with zero attached hydrogens (tertiary/aromatic N) is 2. The molecule has 7 nitrogen and oxygen atoms in total. The summed E-state index contributed by atoms with van der Waals surface area (Å²) in [6.07, 6.45) is 5.07. The fourth-order valence-electron chi connectivity index (χ4n) is 2.93. The fraction of sp³-hybridized carbons (Fsp3) is 0.444. The highest BCUT2D eigenvalue weighted by Crippen LogP contribution is 2.23. The van der Waals surface area contributed by atoms with Crippen LogP contribution >= 0.6 is 0 Å². The van der Waals surface area contributed by atoms with Crippen molar-refractivity contribution >= 4 is 17.6 Å². The molecule has 2 aromatic heterocycles. The molecule has 0 unspecified atom stereocenters. The average Bonchev–Trinajstić information content (AvgIpc) is 2.83. The number of aromatic nitrogens is 2. The summed E-state index contributed by atoms with van der Waals surface area (Å²) < 4.78 is 5.31. The first-order chi connectivity index (χ1) is 12.1. The van der Waals surface area contributed by atoms with Crippen LogP contribution in [0.2, 0.25) is 0 Å². The minimum Gasteiger partial charge on any atom is -0.360 e. The number of anilines is 1. The summed E-state index contributed by atoms with van der Waals surface area (Å²) in [7, 11) is 0. The number of pyridine rings is 1. The van der Waals surface area contributed by atoms with Gasteiger partial charge in [0.15, 0.2) is 5.69 Å². The molecule has 132 valence electrons. The standard InChI is InChI=1S/C18H22N4O3/c1-12-6-5-9-15(20-12)21-16(23)10-11-19-18(24)17-13-7-3-2-4-8-14(13)25-22-17/h5-6,9H,2-4,7-8,10-11H2,1H3,(H,19,24)(H,20,21,23). The van der Waals surface area contributed by atoms with E-state index in [-0.39, 0.29) is 24.8 Å². The number of aryl methyl sites for hydroxylation is 2. The van der Waals surface area contributed by atoms with Crippen LogP contribution in [0.5, 0.6) is 0 Å². The van der Waals surface area contributed by atoms with Crippen LogP contribution in [0.15, 0.2) is 22.7 Å². The van der Waals surface area contributed by atoms with E-state index in [1.165, 1.54) is 0 Å². The van der Waals surface area contributed by atoms with Crippen molar-refractivity contribution in [2.45, 2.75) is 45.4 Å². The molecule has 2 heterocycles. The number of amides is 2. The molecule has 1 aliphatic carbocycles. The highest BCUT2D eigenvalue weighted by Gasteiger charge is 2.22. The lowest BCUT2D eigenvalue weighted by Gasteiger charge is -2.06. The first-order valence-corrected chi connectivity index (χ1v) is 8.62. The third-order valence-electron chi connectivity index (χ3n) is 4.21. The van der Waals surface area contributed by atoms with Gasteiger partial charge in [-0.1, -0.05) is 17.6 Å². The Morgan fingerprint density at radius 3 is 2.88 bits per heavy atom. The van der Waals surface area contributed by atoms with Gasteiger partial charge < -0.3 is 15.2 Å². The Kier molecular flexibility index (Phi) is 5.42. The Morgan fingerprint density at radius 2 is 2.04 bits per heavy atom. The number of nitrogens with one attached hydrogen (secondary N) is 2. The highest BCUT2D eigenvalue weighted by atomic mass is 16.5. The van der Waals surface area contributed by atoms with Crippen molar-refractivity contribution in [3.63, 3.8) is 0 Å². The zero-order chi connectivity index (χ0) is 17.6. The minimum absolute atomic E-state index is 0.168. The van der Waals surface area contributed by atoms with E-state index in [1.54, 1.807) is 6.07 Å². The number of fused-ring (bicyclic) bond motifs is 1. The molecule has 0 atom stereocenters. The summed E-state index contributed by atoms with van der Waals surface area (Å²) in [5, 5.41) is 9.37. The van der Waals surface area contributed by atoms with Crippen LogP contribution in [0.1, 0.15) is 53.2 Å². The molecular weight excluding hydrogens is 320 g/mol. The van der Waals surface area contributed by atoms with E-state index in [1.807, 2.05) is 19.1 Å². The maximum Gasteiger partial charge on any atom is 0.273 e. The molecular formula is C18H22N4O3. The maximum atomic E-state index is 12.3. The van der Waals surface area contributed by atoms with Crippen LogP contribution in [-0.2, 0) is 17.6 Å². The first kappa shape index (κ1) is 17.1. The van der Waals surface area contributed by atoms with Crippen LogP contribution < -0.4 is 10.6 Å².